The van der Waals surface area contributed by atoms with E-state index in [-0.39, 0.29) is 0 Å². The minimum atomic E-state index is 0.487. The summed E-state index contributed by atoms with van der Waals surface area (Å²) >= 11 is 0. The lowest BCUT2D eigenvalue weighted by Gasteiger charge is -2.39. The second kappa shape index (κ2) is 2.71. The molecule has 2 bridgehead atoms. The summed E-state index contributed by atoms with van der Waals surface area (Å²) in [6, 6.07) is 0. The fourth-order valence-electron chi connectivity index (χ4n) is 3.17. The largest absolute Gasteiger partial charge is 0.314 e. The Bertz CT molecular complexity index is 163. The second-order valence-electron chi connectivity index (χ2n) is 4.59. The van der Waals surface area contributed by atoms with Crippen molar-refractivity contribution in [1.82, 2.24) is 10.6 Å². The molecule has 2 rings (SSSR count). The van der Waals surface area contributed by atoms with Gasteiger partial charge in [-0.15, -0.1) is 0 Å². The molecule has 0 heterocycles. The van der Waals surface area contributed by atoms with Crippen molar-refractivity contribution in [3.63, 3.8) is 0 Å². The SMILES string of the molecule is CN[C@@]12CCC[C@@](NC)(CC1)C2. The first kappa shape index (κ1) is 8.52. The van der Waals surface area contributed by atoms with Crippen LogP contribution in [0.3, 0.4) is 0 Å². The minimum Gasteiger partial charge on any atom is -0.314 e. The molecule has 0 amide bonds. The Morgan fingerprint density at radius 2 is 1.33 bits per heavy atom. The fraction of sp³-hybridized carbons (Fsp3) is 1.00. The molecular weight excluding hydrogens is 148 g/mol. The zero-order valence-corrected chi connectivity index (χ0v) is 8.24. The standard InChI is InChI=1S/C10H20N2/c1-11-9-4-3-5-10(8-9,12-2)7-6-9/h11-12H,3-8H2,1-2H3/t9-,10+. The normalized spacial score (nSPS) is 46.5. The van der Waals surface area contributed by atoms with Gasteiger partial charge in [0.1, 0.15) is 0 Å². The van der Waals surface area contributed by atoms with E-state index in [1.165, 1.54) is 38.5 Å². The number of rotatable bonds is 2. The highest BCUT2D eigenvalue weighted by molar-refractivity contribution is 5.10. The average molecular weight is 168 g/mol. The molecule has 2 fully saturated rings. The van der Waals surface area contributed by atoms with Crippen molar-refractivity contribution in [2.75, 3.05) is 14.1 Å². The van der Waals surface area contributed by atoms with Crippen LogP contribution in [-0.4, -0.2) is 25.2 Å². The highest BCUT2D eigenvalue weighted by Crippen LogP contribution is 2.47. The molecule has 0 aromatic rings. The number of fused-ring (bicyclic) bond motifs is 2. The Morgan fingerprint density at radius 3 is 1.75 bits per heavy atom. The molecule has 70 valence electrons. The molecule has 0 aromatic carbocycles. The van der Waals surface area contributed by atoms with Gasteiger partial charge < -0.3 is 10.6 Å². The summed E-state index contributed by atoms with van der Waals surface area (Å²) in [5, 5.41) is 7.06. The molecule has 0 radical (unpaired) electrons. The zero-order chi connectivity index (χ0) is 8.66. The van der Waals surface area contributed by atoms with Crippen LogP contribution < -0.4 is 10.6 Å². The summed E-state index contributed by atoms with van der Waals surface area (Å²) in [5.41, 5.74) is 0.975. The molecule has 2 aliphatic carbocycles. The summed E-state index contributed by atoms with van der Waals surface area (Å²) in [4.78, 5) is 0. The molecule has 2 aliphatic rings. The van der Waals surface area contributed by atoms with Crippen LogP contribution in [0.5, 0.6) is 0 Å². The Kier molecular flexibility index (Phi) is 1.92. The van der Waals surface area contributed by atoms with E-state index in [4.69, 9.17) is 0 Å². The zero-order valence-electron chi connectivity index (χ0n) is 8.24. The predicted molar refractivity (Wildman–Crippen MR) is 51.3 cm³/mol. The number of hydrogen-bond acceptors (Lipinski definition) is 2. The van der Waals surface area contributed by atoms with Crippen LogP contribution in [-0.2, 0) is 0 Å². The van der Waals surface area contributed by atoms with Crippen LogP contribution >= 0.6 is 0 Å². The lowest BCUT2D eigenvalue weighted by molar-refractivity contribution is 0.213. The summed E-state index contributed by atoms with van der Waals surface area (Å²) in [6.07, 6.45) is 8.23. The Hall–Kier alpha value is -0.0800. The lowest BCUT2D eigenvalue weighted by atomic mass is 9.79. The van der Waals surface area contributed by atoms with Crippen LogP contribution in [0.15, 0.2) is 0 Å². The highest BCUT2D eigenvalue weighted by Gasteiger charge is 2.49. The maximum atomic E-state index is 3.53. The van der Waals surface area contributed by atoms with E-state index >= 15 is 0 Å². The topological polar surface area (TPSA) is 24.1 Å². The van der Waals surface area contributed by atoms with E-state index in [9.17, 15) is 0 Å². The molecule has 0 unspecified atom stereocenters. The number of hydrogen-bond donors (Lipinski definition) is 2. The van der Waals surface area contributed by atoms with Crippen LogP contribution in [0.2, 0.25) is 0 Å². The van der Waals surface area contributed by atoms with E-state index in [1.54, 1.807) is 0 Å². The summed E-state index contributed by atoms with van der Waals surface area (Å²) in [6.45, 7) is 0. The smallest absolute Gasteiger partial charge is 0.0196 e. The third kappa shape index (κ3) is 1.09. The van der Waals surface area contributed by atoms with E-state index in [2.05, 4.69) is 24.7 Å². The van der Waals surface area contributed by atoms with Gasteiger partial charge in [0.25, 0.3) is 0 Å². The van der Waals surface area contributed by atoms with Crippen molar-refractivity contribution in [2.24, 2.45) is 0 Å². The molecule has 0 spiro atoms. The summed E-state index contributed by atoms with van der Waals surface area (Å²) in [5.74, 6) is 0. The Morgan fingerprint density at radius 1 is 0.833 bits per heavy atom. The van der Waals surface area contributed by atoms with Gasteiger partial charge in [0.05, 0.1) is 0 Å². The van der Waals surface area contributed by atoms with Gasteiger partial charge in [0.15, 0.2) is 0 Å². The monoisotopic (exact) mass is 168 g/mol. The predicted octanol–water partition coefficient (Wildman–Crippen LogP) is 1.27. The van der Waals surface area contributed by atoms with Crippen molar-refractivity contribution in [2.45, 2.75) is 49.6 Å². The third-order valence-corrected chi connectivity index (χ3v) is 4.13. The first-order valence-corrected chi connectivity index (χ1v) is 5.12. The molecule has 0 aromatic heterocycles. The van der Waals surface area contributed by atoms with E-state index < -0.39 is 0 Å². The number of nitrogens with one attached hydrogen (secondary N) is 2. The molecule has 2 N–H and O–H groups in total. The van der Waals surface area contributed by atoms with E-state index in [0.29, 0.717) is 11.1 Å². The van der Waals surface area contributed by atoms with Crippen molar-refractivity contribution in [3.05, 3.63) is 0 Å². The van der Waals surface area contributed by atoms with Crippen molar-refractivity contribution in [1.29, 1.82) is 0 Å². The first-order chi connectivity index (χ1) is 5.74. The molecule has 0 aliphatic heterocycles. The molecule has 2 nitrogen and oxygen atoms in total. The van der Waals surface area contributed by atoms with Gasteiger partial charge >= 0.3 is 0 Å². The quantitative estimate of drug-likeness (QED) is 0.649. The van der Waals surface area contributed by atoms with Crippen molar-refractivity contribution in [3.8, 4) is 0 Å². The minimum absolute atomic E-state index is 0.487. The average Bonchev–Trinajstić information content (AvgIpc) is 2.41. The molecule has 2 atom stereocenters. The maximum Gasteiger partial charge on any atom is 0.0196 e. The highest BCUT2D eigenvalue weighted by atomic mass is 15.0. The van der Waals surface area contributed by atoms with Gasteiger partial charge in [0, 0.05) is 11.1 Å². The van der Waals surface area contributed by atoms with Gasteiger partial charge in [-0.2, -0.15) is 0 Å². The lowest BCUT2D eigenvalue weighted by Crippen LogP contribution is -2.50. The van der Waals surface area contributed by atoms with E-state index in [0.717, 1.165) is 0 Å². The second-order valence-corrected chi connectivity index (χ2v) is 4.59. The van der Waals surface area contributed by atoms with Gasteiger partial charge in [-0.05, 0) is 52.6 Å². The van der Waals surface area contributed by atoms with Gasteiger partial charge in [0.2, 0.25) is 0 Å². The first-order valence-electron chi connectivity index (χ1n) is 5.12. The molecule has 0 saturated heterocycles. The van der Waals surface area contributed by atoms with Crippen LogP contribution in [0.4, 0.5) is 0 Å². The molecule has 2 saturated carbocycles. The van der Waals surface area contributed by atoms with Crippen LogP contribution in [0, 0.1) is 0 Å². The summed E-state index contributed by atoms with van der Waals surface area (Å²) in [7, 11) is 4.24. The van der Waals surface area contributed by atoms with Gasteiger partial charge in [-0.3, -0.25) is 0 Å². The molecule has 2 heteroatoms. The Balaban J connectivity index is 2.16. The van der Waals surface area contributed by atoms with Crippen molar-refractivity contribution < 1.29 is 0 Å². The maximum absolute atomic E-state index is 3.53. The molecular formula is C10H20N2. The van der Waals surface area contributed by atoms with Gasteiger partial charge in [-0.25, -0.2) is 0 Å². The summed E-state index contributed by atoms with van der Waals surface area (Å²) < 4.78 is 0. The van der Waals surface area contributed by atoms with E-state index in [1.807, 2.05) is 0 Å². The van der Waals surface area contributed by atoms with Crippen LogP contribution in [0.25, 0.3) is 0 Å². The Labute approximate surface area is 75.1 Å². The van der Waals surface area contributed by atoms with Crippen molar-refractivity contribution >= 4 is 0 Å². The fourth-order valence-corrected chi connectivity index (χ4v) is 3.17. The third-order valence-electron chi connectivity index (χ3n) is 4.13. The molecule has 12 heavy (non-hydrogen) atoms. The van der Waals surface area contributed by atoms with Gasteiger partial charge in [-0.1, -0.05) is 0 Å². The van der Waals surface area contributed by atoms with Crippen LogP contribution in [0.1, 0.15) is 38.5 Å².